The first-order valence-electron chi connectivity index (χ1n) is 9.66. The van der Waals surface area contributed by atoms with Gasteiger partial charge in [-0.3, -0.25) is 14.2 Å². The van der Waals surface area contributed by atoms with Crippen molar-refractivity contribution in [2.45, 2.75) is 43.8 Å². The molecule has 150 valence electrons. The van der Waals surface area contributed by atoms with Crippen molar-refractivity contribution in [3.63, 3.8) is 0 Å². The molecule has 0 fully saturated rings. The molecule has 0 atom stereocenters. The second-order valence-corrected chi connectivity index (χ2v) is 9.52. The van der Waals surface area contributed by atoms with Gasteiger partial charge in [0.15, 0.2) is 10.9 Å². The Balaban J connectivity index is 1.69. The molecule has 0 amide bonds. The number of nitrogens with zero attached hydrogens (tertiary/aromatic N) is 2. The summed E-state index contributed by atoms with van der Waals surface area (Å²) in [4.78, 5) is 32.7. The Hall–Kier alpha value is -1.89. The zero-order chi connectivity index (χ0) is 20.4. The summed E-state index contributed by atoms with van der Waals surface area (Å²) in [5.74, 6) is 0.190. The van der Waals surface area contributed by atoms with Gasteiger partial charge in [0.25, 0.3) is 5.56 Å². The lowest BCUT2D eigenvalue weighted by Gasteiger charge is -2.10. The first-order chi connectivity index (χ1) is 14.1. The molecule has 1 aliphatic rings. The third kappa shape index (κ3) is 4.20. The Morgan fingerprint density at radius 3 is 2.76 bits per heavy atom. The molecule has 0 spiro atoms. The number of fused-ring (bicyclic) bond motifs is 3. The minimum atomic E-state index is -0.0203. The van der Waals surface area contributed by atoms with E-state index in [2.05, 4.69) is 6.58 Å². The minimum absolute atomic E-state index is 0.0178. The third-order valence-corrected chi connectivity index (χ3v) is 7.51. The monoisotopic (exact) mass is 444 g/mol. The van der Waals surface area contributed by atoms with Crippen molar-refractivity contribution >= 4 is 50.7 Å². The van der Waals surface area contributed by atoms with E-state index in [0.29, 0.717) is 22.3 Å². The van der Waals surface area contributed by atoms with Crippen LogP contribution in [0.25, 0.3) is 10.2 Å². The molecule has 0 bridgehead atoms. The summed E-state index contributed by atoms with van der Waals surface area (Å²) in [5, 5.41) is 1.93. The fourth-order valence-electron chi connectivity index (χ4n) is 3.65. The average Bonchev–Trinajstić information content (AvgIpc) is 2.90. The van der Waals surface area contributed by atoms with Gasteiger partial charge >= 0.3 is 0 Å². The number of halogens is 1. The van der Waals surface area contributed by atoms with E-state index in [1.807, 2.05) is 0 Å². The number of thioether (sulfide) groups is 1. The summed E-state index contributed by atoms with van der Waals surface area (Å²) in [6.07, 6.45) is 7.16. The summed E-state index contributed by atoms with van der Waals surface area (Å²) < 4.78 is 1.65. The molecule has 2 heterocycles. The molecule has 0 radical (unpaired) electrons. The number of carbonyl (C=O) groups excluding carboxylic acids is 1. The molecule has 29 heavy (non-hydrogen) atoms. The van der Waals surface area contributed by atoms with Gasteiger partial charge in [-0.05, 0) is 55.5 Å². The highest BCUT2D eigenvalue weighted by Crippen LogP contribution is 2.34. The van der Waals surface area contributed by atoms with Crippen LogP contribution in [-0.4, -0.2) is 21.1 Å². The lowest BCUT2D eigenvalue weighted by Crippen LogP contribution is -2.23. The minimum Gasteiger partial charge on any atom is -0.293 e. The average molecular weight is 445 g/mol. The van der Waals surface area contributed by atoms with Crippen LogP contribution in [0, 0.1) is 0 Å². The van der Waals surface area contributed by atoms with Gasteiger partial charge in [-0.25, -0.2) is 4.98 Å². The van der Waals surface area contributed by atoms with Crippen LogP contribution in [0.4, 0.5) is 0 Å². The number of aryl methyl sites for hydroxylation is 2. The molecule has 0 saturated heterocycles. The van der Waals surface area contributed by atoms with E-state index in [1.54, 1.807) is 46.2 Å². The lowest BCUT2D eigenvalue weighted by molar-refractivity contribution is 0.102. The van der Waals surface area contributed by atoms with Gasteiger partial charge in [0.2, 0.25) is 0 Å². The van der Waals surface area contributed by atoms with Crippen molar-refractivity contribution in [3.8, 4) is 0 Å². The summed E-state index contributed by atoms with van der Waals surface area (Å²) in [7, 11) is 0. The number of ketones is 1. The zero-order valence-electron chi connectivity index (χ0n) is 15.9. The van der Waals surface area contributed by atoms with E-state index in [0.717, 1.165) is 35.9 Å². The van der Waals surface area contributed by atoms with Crippen LogP contribution in [-0.2, 0) is 19.4 Å². The van der Waals surface area contributed by atoms with Gasteiger partial charge in [0.05, 0.1) is 11.1 Å². The van der Waals surface area contributed by atoms with Crippen molar-refractivity contribution in [2.24, 2.45) is 0 Å². The van der Waals surface area contributed by atoms with Gasteiger partial charge in [-0.15, -0.1) is 17.9 Å². The maximum absolute atomic E-state index is 13.3. The Kier molecular flexibility index (Phi) is 6.23. The van der Waals surface area contributed by atoms with Gasteiger partial charge in [-0.2, -0.15) is 0 Å². The normalized spacial score (nSPS) is 13.8. The zero-order valence-corrected chi connectivity index (χ0v) is 18.3. The van der Waals surface area contributed by atoms with Gasteiger partial charge < -0.3 is 0 Å². The molecule has 2 aromatic heterocycles. The number of hydrogen-bond donors (Lipinski definition) is 0. The quantitative estimate of drug-likeness (QED) is 0.165. The van der Waals surface area contributed by atoms with Crippen molar-refractivity contribution in [2.75, 3.05) is 5.75 Å². The highest BCUT2D eigenvalue weighted by molar-refractivity contribution is 7.99. The number of aromatic nitrogens is 2. The van der Waals surface area contributed by atoms with Gasteiger partial charge in [0.1, 0.15) is 4.83 Å². The smallest absolute Gasteiger partial charge is 0.263 e. The molecular weight excluding hydrogens is 424 g/mol. The highest BCUT2D eigenvalue weighted by atomic mass is 35.5. The van der Waals surface area contributed by atoms with Gasteiger partial charge in [-0.1, -0.05) is 35.9 Å². The fourth-order valence-corrected chi connectivity index (χ4v) is 5.98. The Morgan fingerprint density at radius 2 is 2.00 bits per heavy atom. The maximum atomic E-state index is 13.3. The van der Waals surface area contributed by atoms with Crippen molar-refractivity contribution in [1.82, 2.24) is 9.55 Å². The predicted octanol–water partition coefficient (Wildman–Crippen LogP) is 5.54. The maximum Gasteiger partial charge on any atom is 0.263 e. The van der Waals surface area contributed by atoms with Crippen LogP contribution in [0.15, 0.2) is 46.9 Å². The second kappa shape index (κ2) is 8.86. The molecule has 3 aromatic rings. The number of thiophene rings is 1. The molecule has 1 aromatic carbocycles. The van der Waals surface area contributed by atoms with E-state index in [9.17, 15) is 9.59 Å². The van der Waals surface area contributed by atoms with Crippen molar-refractivity contribution < 1.29 is 4.79 Å². The van der Waals surface area contributed by atoms with Crippen LogP contribution in [0.3, 0.4) is 0 Å². The molecule has 0 N–H and O–H groups in total. The number of carbonyl (C=O) groups is 1. The summed E-state index contributed by atoms with van der Waals surface area (Å²) in [5.41, 5.74) is 1.77. The second-order valence-electron chi connectivity index (χ2n) is 7.06. The van der Waals surface area contributed by atoms with Crippen LogP contribution < -0.4 is 5.56 Å². The first kappa shape index (κ1) is 20.4. The number of allylic oxidation sites excluding steroid dienone is 1. The lowest BCUT2D eigenvalue weighted by atomic mass is 10.1. The van der Waals surface area contributed by atoms with E-state index in [-0.39, 0.29) is 17.1 Å². The number of benzene rings is 1. The summed E-state index contributed by atoms with van der Waals surface area (Å²) >= 11 is 8.84. The standard InChI is InChI=1S/C22H21ClN2O2S2/c1-2-12-25-21(27)19-16-6-4-3-5-7-18(16)29-20(19)24-22(25)28-13-17(26)14-8-10-15(23)11-9-14/h2,8-11H,1,3-7,12-13H2. The van der Waals surface area contributed by atoms with Crippen LogP contribution in [0.2, 0.25) is 5.02 Å². The summed E-state index contributed by atoms with van der Waals surface area (Å²) in [6.45, 7) is 4.16. The van der Waals surface area contributed by atoms with E-state index in [4.69, 9.17) is 16.6 Å². The molecule has 4 nitrogen and oxygen atoms in total. The first-order valence-corrected chi connectivity index (χ1v) is 11.8. The Bertz CT molecular complexity index is 1130. The molecule has 0 aliphatic heterocycles. The van der Waals surface area contributed by atoms with E-state index >= 15 is 0 Å². The molecule has 0 unspecified atom stereocenters. The van der Waals surface area contributed by atoms with Crippen LogP contribution in [0.5, 0.6) is 0 Å². The molecular formula is C22H21ClN2O2S2. The van der Waals surface area contributed by atoms with Crippen molar-refractivity contribution in [1.29, 1.82) is 0 Å². The SMILES string of the molecule is C=CCn1c(SCC(=O)c2ccc(Cl)cc2)nc2sc3c(c2c1=O)CCCCC3. The van der Waals surface area contributed by atoms with Crippen LogP contribution >= 0.6 is 34.7 Å². The highest BCUT2D eigenvalue weighted by Gasteiger charge is 2.21. The van der Waals surface area contributed by atoms with E-state index in [1.165, 1.54) is 28.6 Å². The fraction of sp³-hybridized carbons (Fsp3) is 0.318. The number of hydrogen-bond acceptors (Lipinski definition) is 5. The molecule has 4 rings (SSSR count). The number of rotatable bonds is 6. The van der Waals surface area contributed by atoms with Crippen LogP contribution in [0.1, 0.15) is 40.1 Å². The van der Waals surface area contributed by atoms with Gasteiger partial charge in [0, 0.05) is 22.0 Å². The summed E-state index contributed by atoms with van der Waals surface area (Å²) in [6, 6.07) is 6.84. The van der Waals surface area contributed by atoms with Crippen molar-refractivity contribution in [3.05, 3.63) is 68.3 Å². The topological polar surface area (TPSA) is 52.0 Å². The van der Waals surface area contributed by atoms with E-state index < -0.39 is 0 Å². The third-order valence-electron chi connectivity index (χ3n) is 5.10. The largest absolute Gasteiger partial charge is 0.293 e. The molecule has 1 aliphatic carbocycles. The Labute approximate surface area is 182 Å². The predicted molar refractivity (Wildman–Crippen MR) is 122 cm³/mol. The number of Topliss-reactive ketones (excluding diaryl/α,β-unsaturated/α-hetero) is 1. The Morgan fingerprint density at radius 1 is 1.24 bits per heavy atom. The molecule has 7 heteroatoms. The molecule has 0 saturated carbocycles.